The largest absolute Gasteiger partial charge is 0.400 e. The minimum Gasteiger partial charge on any atom is -0.400 e. The smallest absolute Gasteiger partial charge is 0.245 e. The van der Waals surface area contributed by atoms with E-state index in [1.54, 1.807) is 4.90 Å². The number of carbonyl (C=O) groups is 1. The molecule has 3 nitrogen and oxygen atoms in total. The van der Waals surface area contributed by atoms with Crippen molar-refractivity contribution in [3.05, 3.63) is 12.7 Å². The molecule has 0 unspecified atom stereocenters. The first-order valence-corrected chi connectivity index (χ1v) is 3.20. The summed E-state index contributed by atoms with van der Waals surface area (Å²) in [7, 11) is 1.00. The summed E-state index contributed by atoms with van der Waals surface area (Å²) in [5, 5.41) is 7.00. The molecule has 0 spiro atoms. The molecule has 1 fully saturated rings. The number of likely N-dealkylation sites (tertiary alicyclic amines) is 1. The molecule has 0 aromatic rings. The Hall–Kier alpha value is -0.830. The summed E-state index contributed by atoms with van der Waals surface area (Å²) < 4.78 is 0. The highest BCUT2D eigenvalue weighted by molar-refractivity contribution is 5.87. The van der Waals surface area contributed by atoms with Gasteiger partial charge in [-0.3, -0.25) is 4.79 Å². The van der Waals surface area contributed by atoms with Crippen molar-refractivity contribution in [2.24, 2.45) is 0 Å². The van der Waals surface area contributed by atoms with Crippen molar-refractivity contribution in [2.75, 3.05) is 20.2 Å². The molecule has 0 radical (unpaired) electrons. The summed E-state index contributed by atoms with van der Waals surface area (Å²) in [5.74, 6) is 0.0660. The van der Waals surface area contributed by atoms with Gasteiger partial charge >= 0.3 is 0 Å². The van der Waals surface area contributed by atoms with Crippen molar-refractivity contribution >= 4 is 5.91 Å². The first kappa shape index (κ1) is 9.17. The molecule has 1 amide bonds. The van der Waals surface area contributed by atoms with Crippen LogP contribution in [0.3, 0.4) is 0 Å². The fourth-order valence-electron chi connectivity index (χ4n) is 0.666. The fourth-order valence-corrected chi connectivity index (χ4v) is 0.666. The summed E-state index contributed by atoms with van der Waals surface area (Å²) in [6.45, 7) is 5.22. The zero-order valence-electron chi connectivity index (χ0n) is 6.21. The minimum atomic E-state index is 0.0660. The second-order valence-corrected chi connectivity index (χ2v) is 1.88. The predicted molar refractivity (Wildman–Crippen MR) is 39.5 cm³/mol. The lowest BCUT2D eigenvalue weighted by atomic mass is 10.2. The van der Waals surface area contributed by atoms with Gasteiger partial charge in [0.1, 0.15) is 0 Å². The maximum Gasteiger partial charge on any atom is 0.245 e. The van der Waals surface area contributed by atoms with E-state index in [1.165, 1.54) is 6.08 Å². The van der Waals surface area contributed by atoms with Crippen molar-refractivity contribution in [1.29, 1.82) is 0 Å². The van der Waals surface area contributed by atoms with E-state index < -0.39 is 0 Å². The van der Waals surface area contributed by atoms with E-state index in [4.69, 9.17) is 5.11 Å². The number of aliphatic hydroxyl groups excluding tert-OH is 1. The van der Waals surface area contributed by atoms with Crippen LogP contribution in [0.4, 0.5) is 0 Å². The summed E-state index contributed by atoms with van der Waals surface area (Å²) in [6, 6.07) is 0. The van der Waals surface area contributed by atoms with E-state index in [-0.39, 0.29) is 5.91 Å². The summed E-state index contributed by atoms with van der Waals surface area (Å²) in [4.78, 5) is 12.4. The normalized spacial score (nSPS) is 14.4. The molecule has 1 heterocycles. The Morgan fingerprint density at radius 1 is 1.60 bits per heavy atom. The van der Waals surface area contributed by atoms with Gasteiger partial charge in [-0.2, -0.15) is 0 Å². The topological polar surface area (TPSA) is 40.5 Å². The van der Waals surface area contributed by atoms with Crippen molar-refractivity contribution in [3.63, 3.8) is 0 Å². The molecule has 0 atom stereocenters. The van der Waals surface area contributed by atoms with Gasteiger partial charge < -0.3 is 10.0 Å². The highest BCUT2D eigenvalue weighted by Crippen LogP contribution is 2.04. The summed E-state index contributed by atoms with van der Waals surface area (Å²) >= 11 is 0. The molecule has 0 saturated carbocycles. The van der Waals surface area contributed by atoms with Crippen molar-refractivity contribution in [1.82, 2.24) is 4.90 Å². The molecule has 1 N–H and O–H groups in total. The lowest BCUT2D eigenvalue weighted by molar-refractivity contribution is -0.129. The van der Waals surface area contributed by atoms with Gasteiger partial charge in [0, 0.05) is 20.2 Å². The number of hydrogen-bond acceptors (Lipinski definition) is 2. The average molecular weight is 143 g/mol. The Morgan fingerprint density at radius 2 is 2.10 bits per heavy atom. The van der Waals surface area contributed by atoms with Crippen LogP contribution in [-0.4, -0.2) is 36.1 Å². The molecule has 58 valence electrons. The summed E-state index contributed by atoms with van der Waals surface area (Å²) in [6.07, 6.45) is 2.51. The minimum absolute atomic E-state index is 0.0660. The van der Waals surface area contributed by atoms with E-state index in [9.17, 15) is 4.79 Å². The van der Waals surface area contributed by atoms with E-state index >= 15 is 0 Å². The van der Waals surface area contributed by atoms with Crippen LogP contribution in [0.1, 0.15) is 6.42 Å². The maximum absolute atomic E-state index is 10.6. The molecule has 0 bridgehead atoms. The first-order valence-electron chi connectivity index (χ1n) is 3.20. The monoisotopic (exact) mass is 143 g/mol. The number of rotatable bonds is 1. The number of hydrogen-bond donors (Lipinski definition) is 1. The molecule has 0 aliphatic carbocycles. The van der Waals surface area contributed by atoms with Crippen LogP contribution in [0.25, 0.3) is 0 Å². The zero-order chi connectivity index (χ0) is 7.98. The van der Waals surface area contributed by atoms with E-state index in [0.29, 0.717) is 0 Å². The molecule has 0 aromatic heterocycles. The Balaban J connectivity index is 0.000000371. The standard InChI is InChI=1S/C6H9NO.CH4O/c1-2-6(8)7-4-3-5-7;1-2/h2H,1,3-5H2;2H,1H3. The maximum atomic E-state index is 10.6. The van der Waals surface area contributed by atoms with E-state index in [1.807, 2.05) is 0 Å². The molecule has 1 aliphatic heterocycles. The van der Waals surface area contributed by atoms with Gasteiger partial charge in [-0.1, -0.05) is 6.58 Å². The van der Waals surface area contributed by atoms with Crippen LogP contribution in [0.5, 0.6) is 0 Å². The van der Waals surface area contributed by atoms with Gasteiger partial charge in [-0.25, -0.2) is 0 Å². The van der Waals surface area contributed by atoms with Gasteiger partial charge in [0.15, 0.2) is 0 Å². The van der Waals surface area contributed by atoms with E-state index in [0.717, 1.165) is 26.6 Å². The third kappa shape index (κ3) is 2.19. The zero-order valence-corrected chi connectivity index (χ0v) is 6.21. The number of nitrogens with zero attached hydrogens (tertiary/aromatic N) is 1. The molecule has 3 heteroatoms. The Labute approximate surface area is 61.0 Å². The molecular weight excluding hydrogens is 130 g/mol. The van der Waals surface area contributed by atoms with Gasteiger partial charge in [0.25, 0.3) is 0 Å². The first-order chi connectivity index (χ1) is 4.84. The van der Waals surface area contributed by atoms with Crippen LogP contribution in [0, 0.1) is 0 Å². The van der Waals surface area contributed by atoms with Crippen LogP contribution in [0.15, 0.2) is 12.7 Å². The fraction of sp³-hybridized carbons (Fsp3) is 0.571. The number of carbonyl (C=O) groups excluding carboxylic acids is 1. The second kappa shape index (κ2) is 4.99. The third-order valence-corrected chi connectivity index (χ3v) is 1.34. The van der Waals surface area contributed by atoms with E-state index in [2.05, 4.69) is 6.58 Å². The van der Waals surface area contributed by atoms with Gasteiger partial charge in [0.2, 0.25) is 5.91 Å². The number of amides is 1. The molecular formula is C7H13NO2. The predicted octanol–water partition coefficient (Wildman–Crippen LogP) is 0.0132. The van der Waals surface area contributed by atoms with Crippen LogP contribution < -0.4 is 0 Å². The van der Waals surface area contributed by atoms with Crippen LogP contribution in [-0.2, 0) is 4.79 Å². The van der Waals surface area contributed by atoms with Crippen LogP contribution >= 0.6 is 0 Å². The Bertz CT molecular complexity index is 119. The quantitative estimate of drug-likeness (QED) is 0.525. The van der Waals surface area contributed by atoms with Crippen LogP contribution in [0.2, 0.25) is 0 Å². The highest BCUT2D eigenvalue weighted by Gasteiger charge is 2.16. The molecule has 1 aliphatic rings. The molecule has 1 saturated heterocycles. The third-order valence-electron chi connectivity index (χ3n) is 1.34. The highest BCUT2D eigenvalue weighted by atomic mass is 16.2. The van der Waals surface area contributed by atoms with Crippen molar-refractivity contribution in [2.45, 2.75) is 6.42 Å². The lowest BCUT2D eigenvalue weighted by Gasteiger charge is -2.29. The van der Waals surface area contributed by atoms with Gasteiger partial charge in [0.05, 0.1) is 0 Å². The lowest BCUT2D eigenvalue weighted by Crippen LogP contribution is -2.40. The van der Waals surface area contributed by atoms with Crippen molar-refractivity contribution < 1.29 is 9.90 Å². The molecule has 10 heavy (non-hydrogen) atoms. The Morgan fingerprint density at radius 3 is 2.20 bits per heavy atom. The van der Waals surface area contributed by atoms with Crippen molar-refractivity contribution in [3.8, 4) is 0 Å². The second-order valence-electron chi connectivity index (χ2n) is 1.88. The molecule has 1 rings (SSSR count). The SMILES string of the molecule is C=CC(=O)N1CCC1.CO. The van der Waals surface area contributed by atoms with Gasteiger partial charge in [-0.05, 0) is 12.5 Å². The molecule has 0 aromatic carbocycles. The Kier molecular flexibility index (Phi) is 4.58. The number of aliphatic hydroxyl groups is 1. The summed E-state index contributed by atoms with van der Waals surface area (Å²) in [5.41, 5.74) is 0. The average Bonchev–Trinajstić information content (AvgIpc) is 1.89. The van der Waals surface area contributed by atoms with Gasteiger partial charge in [-0.15, -0.1) is 0 Å².